The van der Waals surface area contributed by atoms with Gasteiger partial charge in [-0.25, -0.2) is 0 Å². The summed E-state index contributed by atoms with van der Waals surface area (Å²) in [6, 6.07) is 10.9. The minimum absolute atomic E-state index is 0. The quantitative estimate of drug-likeness (QED) is 0.479. The Morgan fingerprint density at radius 2 is 2.00 bits per heavy atom. The van der Waals surface area contributed by atoms with Crippen molar-refractivity contribution in [3.05, 3.63) is 42.3 Å². The normalized spacial score (nSPS) is 16.8. The number of hydrogen-bond donors (Lipinski definition) is 3. The van der Waals surface area contributed by atoms with Crippen molar-refractivity contribution in [3.8, 4) is 17.1 Å². The van der Waals surface area contributed by atoms with Crippen molar-refractivity contribution in [3.63, 3.8) is 0 Å². The van der Waals surface area contributed by atoms with Crippen LogP contribution >= 0.6 is 12.4 Å². The standard InChI is InChI=1S/C17H17N5O2.ClH/c18-17(19)22-7-1-2-14(22)16-20-15(21-24-16)12-4-3-11-9-13(23)6-5-10(11)8-12;/h3-6,8-9,14,23H,1-2,7H2,(H3,18,19);1H/t14-;/m0./s1. The van der Waals surface area contributed by atoms with Crippen LogP contribution in [0.1, 0.15) is 24.8 Å². The molecule has 0 bridgehead atoms. The summed E-state index contributed by atoms with van der Waals surface area (Å²) in [5.74, 6) is 1.27. The van der Waals surface area contributed by atoms with Gasteiger partial charge >= 0.3 is 0 Å². The van der Waals surface area contributed by atoms with Gasteiger partial charge in [0.2, 0.25) is 11.7 Å². The molecule has 3 aromatic rings. The predicted molar refractivity (Wildman–Crippen MR) is 96.7 cm³/mol. The monoisotopic (exact) mass is 359 g/mol. The molecule has 0 spiro atoms. The third kappa shape index (κ3) is 3.10. The van der Waals surface area contributed by atoms with Gasteiger partial charge in [-0.05, 0) is 41.8 Å². The summed E-state index contributed by atoms with van der Waals surface area (Å²) in [6.07, 6.45) is 1.79. The number of likely N-dealkylation sites (tertiary alicyclic amines) is 1. The number of hydrogen-bond acceptors (Lipinski definition) is 5. The van der Waals surface area contributed by atoms with Crippen molar-refractivity contribution in [2.75, 3.05) is 6.54 Å². The molecule has 1 atom stereocenters. The van der Waals surface area contributed by atoms with Crippen molar-refractivity contribution in [1.29, 1.82) is 5.41 Å². The summed E-state index contributed by atoms with van der Waals surface area (Å²) < 4.78 is 5.42. The number of nitrogens with two attached hydrogens (primary N) is 1. The number of benzene rings is 2. The molecule has 0 radical (unpaired) electrons. The van der Waals surface area contributed by atoms with Crippen molar-refractivity contribution < 1.29 is 9.63 Å². The van der Waals surface area contributed by atoms with E-state index in [9.17, 15) is 5.11 Å². The van der Waals surface area contributed by atoms with Crippen LogP contribution in [0.25, 0.3) is 22.2 Å². The molecule has 7 nitrogen and oxygen atoms in total. The SMILES string of the molecule is Cl.N=C(N)N1CCC[C@H]1c1nc(-c2ccc3cc(O)ccc3c2)no1. The second-order valence-corrected chi connectivity index (χ2v) is 5.94. The Hall–Kier alpha value is -2.80. The smallest absolute Gasteiger partial charge is 0.249 e. The molecular formula is C17H18ClN5O2. The fourth-order valence-electron chi connectivity index (χ4n) is 3.17. The Bertz CT molecular complexity index is 926. The fourth-order valence-corrected chi connectivity index (χ4v) is 3.17. The molecule has 4 rings (SSSR count). The lowest BCUT2D eigenvalue weighted by molar-refractivity contribution is 0.283. The number of fused-ring (bicyclic) bond motifs is 1. The first kappa shape index (κ1) is 17.0. The van der Waals surface area contributed by atoms with Gasteiger partial charge < -0.3 is 20.3 Å². The molecule has 4 N–H and O–H groups in total. The second-order valence-electron chi connectivity index (χ2n) is 5.94. The van der Waals surface area contributed by atoms with E-state index in [0.29, 0.717) is 11.7 Å². The zero-order valence-electron chi connectivity index (χ0n) is 13.3. The maximum absolute atomic E-state index is 9.54. The van der Waals surface area contributed by atoms with E-state index in [0.717, 1.165) is 35.7 Å². The second kappa shape index (κ2) is 6.60. The molecule has 1 saturated heterocycles. The third-order valence-electron chi connectivity index (χ3n) is 4.37. The molecule has 1 fully saturated rings. The van der Waals surface area contributed by atoms with Crippen LogP contribution in [-0.4, -0.2) is 32.7 Å². The number of guanidine groups is 1. The van der Waals surface area contributed by atoms with Gasteiger partial charge in [0.15, 0.2) is 5.96 Å². The summed E-state index contributed by atoms with van der Waals surface area (Å²) in [5, 5.41) is 23.2. The van der Waals surface area contributed by atoms with E-state index in [1.165, 1.54) is 0 Å². The van der Waals surface area contributed by atoms with Crippen LogP contribution in [0.3, 0.4) is 0 Å². The lowest BCUT2D eigenvalue weighted by atomic mass is 10.1. The molecule has 0 unspecified atom stereocenters. The number of aromatic hydroxyl groups is 1. The van der Waals surface area contributed by atoms with Crippen LogP contribution in [0.5, 0.6) is 5.75 Å². The predicted octanol–water partition coefficient (Wildman–Crippen LogP) is 3.05. The highest BCUT2D eigenvalue weighted by Gasteiger charge is 2.31. The Kier molecular flexibility index (Phi) is 4.50. The molecule has 8 heteroatoms. The first-order valence-electron chi connectivity index (χ1n) is 7.79. The van der Waals surface area contributed by atoms with Crippen LogP contribution in [-0.2, 0) is 0 Å². The lowest BCUT2D eigenvalue weighted by Crippen LogP contribution is -2.35. The third-order valence-corrected chi connectivity index (χ3v) is 4.37. The Morgan fingerprint density at radius 3 is 2.80 bits per heavy atom. The van der Waals surface area contributed by atoms with Crippen molar-refractivity contribution >= 4 is 29.1 Å². The first-order chi connectivity index (χ1) is 11.6. The highest BCUT2D eigenvalue weighted by atomic mass is 35.5. The van der Waals surface area contributed by atoms with E-state index in [2.05, 4.69) is 10.1 Å². The zero-order chi connectivity index (χ0) is 16.7. The summed E-state index contributed by atoms with van der Waals surface area (Å²) >= 11 is 0. The number of rotatable bonds is 2. The Labute approximate surface area is 150 Å². The molecule has 25 heavy (non-hydrogen) atoms. The van der Waals surface area contributed by atoms with Crippen molar-refractivity contribution in [2.24, 2.45) is 5.73 Å². The lowest BCUT2D eigenvalue weighted by Gasteiger charge is -2.21. The molecule has 1 aliphatic rings. The van der Waals surface area contributed by atoms with E-state index in [1.807, 2.05) is 24.3 Å². The van der Waals surface area contributed by atoms with Gasteiger partial charge in [0.25, 0.3) is 0 Å². The van der Waals surface area contributed by atoms with E-state index >= 15 is 0 Å². The zero-order valence-corrected chi connectivity index (χ0v) is 14.2. The molecule has 0 amide bonds. The highest BCUT2D eigenvalue weighted by Crippen LogP contribution is 2.32. The van der Waals surface area contributed by atoms with E-state index in [-0.39, 0.29) is 30.2 Å². The largest absolute Gasteiger partial charge is 0.508 e. The Balaban J connectivity index is 0.00000182. The molecule has 0 aliphatic carbocycles. The summed E-state index contributed by atoms with van der Waals surface area (Å²) in [7, 11) is 0. The average molecular weight is 360 g/mol. The van der Waals surface area contributed by atoms with Gasteiger partial charge in [0, 0.05) is 12.1 Å². The van der Waals surface area contributed by atoms with Gasteiger partial charge in [0.1, 0.15) is 11.8 Å². The average Bonchev–Trinajstić information content (AvgIpc) is 3.23. The molecule has 1 aliphatic heterocycles. The molecule has 0 saturated carbocycles. The molecule has 130 valence electrons. The van der Waals surface area contributed by atoms with Gasteiger partial charge in [-0.15, -0.1) is 12.4 Å². The molecule has 2 heterocycles. The molecule has 1 aromatic heterocycles. The molecule has 2 aromatic carbocycles. The summed E-state index contributed by atoms with van der Waals surface area (Å²) in [5.41, 5.74) is 6.46. The van der Waals surface area contributed by atoms with Crippen LogP contribution in [0.4, 0.5) is 0 Å². The number of aromatic nitrogens is 2. The van der Waals surface area contributed by atoms with E-state index in [1.54, 1.807) is 17.0 Å². The minimum Gasteiger partial charge on any atom is -0.508 e. The summed E-state index contributed by atoms with van der Waals surface area (Å²) in [6.45, 7) is 0.733. The number of phenols is 1. The number of nitrogens with zero attached hydrogens (tertiary/aromatic N) is 3. The minimum atomic E-state index is -0.124. The van der Waals surface area contributed by atoms with Crippen LogP contribution in [0.15, 0.2) is 40.9 Å². The van der Waals surface area contributed by atoms with E-state index < -0.39 is 0 Å². The van der Waals surface area contributed by atoms with Gasteiger partial charge in [0.05, 0.1) is 0 Å². The maximum Gasteiger partial charge on any atom is 0.249 e. The van der Waals surface area contributed by atoms with Gasteiger partial charge in [-0.3, -0.25) is 5.41 Å². The fraction of sp³-hybridized carbons (Fsp3) is 0.235. The van der Waals surface area contributed by atoms with E-state index in [4.69, 9.17) is 15.7 Å². The van der Waals surface area contributed by atoms with Crippen LogP contribution in [0.2, 0.25) is 0 Å². The number of halogens is 1. The Morgan fingerprint density at radius 1 is 1.24 bits per heavy atom. The highest BCUT2D eigenvalue weighted by molar-refractivity contribution is 5.87. The van der Waals surface area contributed by atoms with Crippen LogP contribution in [0, 0.1) is 5.41 Å². The van der Waals surface area contributed by atoms with Gasteiger partial charge in [-0.1, -0.05) is 23.4 Å². The first-order valence-corrected chi connectivity index (χ1v) is 7.79. The number of nitrogens with one attached hydrogen (secondary N) is 1. The van der Waals surface area contributed by atoms with Gasteiger partial charge in [-0.2, -0.15) is 4.98 Å². The molecular weight excluding hydrogens is 342 g/mol. The summed E-state index contributed by atoms with van der Waals surface area (Å²) in [4.78, 5) is 6.28. The van der Waals surface area contributed by atoms with Crippen molar-refractivity contribution in [2.45, 2.75) is 18.9 Å². The number of phenolic OH excluding ortho intramolecular Hbond substituents is 1. The maximum atomic E-state index is 9.54. The van der Waals surface area contributed by atoms with Crippen molar-refractivity contribution in [1.82, 2.24) is 15.0 Å². The van der Waals surface area contributed by atoms with Crippen LogP contribution < -0.4 is 5.73 Å². The topological polar surface area (TPSA) is 112 Å².